The summed E-state index contributed by atoms with van der Waals surface area (Å²) in [5, 5.41) is 4.56. The maximum Gasteiger partial charge on any atom is 0.179 e. The van der Waals surface area contributed by atoms with Crippen molar-refractivity contribution in [2.45, 2.75) is 53.6 Å². The van der Waals surface area contributed by atoms with Gasteiger partial charge in [0.15, 0.2) is 10.4 Å². The lowest BCUT2D eigenvalue weighted by Gasteiger charge is -2.21. The molecule has 5 heteroatoms. The van der Waals surface area contributed by atoms with Crippen LogP contribution in [0, 0.1) is 17.6 Å². The van der Waals surface area contributed by atoms with Crippen LogP contribution >= 0.6 is 12.2 Å². The minimum absolute atomic E-state index is 0.387. The van der Waals surface area contributed by atoms with Gasteiger partial charge in [0.05, 0.1) is 5.69 Å². The van der Waals surface area contributed by atoms with Crippen molar-refractivity contribution >= 4 is 23.4 Å². The van der Waals surface area contributed by atoms with Gasteiger partial charge in [0, 0.05) is 12.6 Å². The molecule has 0 bridgehead atoms. The zero-order chi connectivity index (χ0) is 13.4. The molecule has 2 atom stereocenters. The summed E-state index contributed by atoms with van der Waals surface area (Å²) >= 11 is 5.48. The van der Waals surface area contributed by atoms with Crippen LogP contribution in [0.1, 0.15) is 45.9 Å². The summed E-state index contributed by atoms with van der Waals surface area (Å²) in [5.74, 6) is 0.594. The Kier molecular flexibility index (Phi) is 3.61. The molecular weight excluding hydrogens is 244 g/mol. The molecule has 0 radical (unpaired) electrons. The van der Waals surface area contributed by atoms with Gasteiger partial charge >= 0.3 is 0 Å². The normalized spacial score (nSPS) is 15.2. The van der Waals surface area contributed by atoms with E-state index in [0.717, 1.165) is 34.6 Å². The van der Waals surface area contributed by atoms with Gasteiger partial charge in [0.2, 0.25) is 0 Å². The molecule has 4 nitrogen and oxygen atoms in total. The monoisotopic (exact) mass is 266 g/mol. The van der Waals surface area contributed by atoms with Crippen LogP contribution in [0.5, 0.6) is 0 Å². The Morgan fingerprint density at radius 3 is 2.56 bits per heavy atom. The first-order valence-electron chi connectivity index (χ1n) is 6.68. The fourth-order valence-corrected chi connectivity index (χ4v) is 2.77. The van der Waals surface area contributed by atoms with Crippen LogP contribution in [0.15, 0.2) is 0 Å². The van der Waals surface area contributed by atoms with Crippen molar-refractivity contribution in [3.8, 4) is 0 Å². The number of hydrogen-bond acceptors (Lipinski definition) is 2. The molecule has 0 aromatic carbocycles. The molecule has 0 aliphatic carbocycles. The van der Waals surface area contributed by atoms with Gasteiger partial charge < -0.3 is 4.98 Å². The SMILES string of the molecule is CCC(C)C(C)n1c(=S)[nH]c2c(C)nn(CC)c21. The molecule has 0 amide bonds. The number of rotatable bonds is 4. The lowest BCUT2D eigenvalue weighted by atomic mass is 10.0. The van der Waals surface area contributed by atoms with Gasteiger partial charge in [-0.2, -0.15) is 5.10 Å². The molecule has 18 heavy (non-hydrogen) atoms. The molecule has 2 unspecified atom stereocenters. The maximum absolute atomic E-state index is 5.48. The molecule has 2 heterocycles. The van der Waals surface area contributed by atoms with Gasteiger partial charge in [-0.1, -0.05) is 20.3 Å². The second-order valence-corrected chi connectivity index (χ2v) is 5.41. The smallest absolute Gasteiger partial charge is 0.179 e. The Bertz CT molecular complexity index is 604. The van der Waals surface area contributed by atoms with E-state index in [1.165, 1.54) is 0 Å². The summed E-state index contributed by atoms with van der Waals surface area (Å²) in [7, 11) is 0. The number of imidazole rings is 1. The number of aryl methyl sites for hydroxylation is 2. The average Bonchev–Trinajstić information content (AvgIpc) is 2.84. The van der Waals surface area contributed by atoms with Crippen molar-refractivity contribution in [3.05, 3.63) is 10.5 Å². The minimum atomic E-state index is 0.387. The number of hydrogen-bond donors (Lipinski definition) is 1. The van der Waals surface area contributed by atoms with Gasteiger partial charge in [-0.15, -0.1) is 0 Å². The van der Waals surface area contributed by atoms with E-state index in [2.05, 4.69) is 42.3 Å². The Morgan fingerprint density at radius 1 is 1.33 bits per heavy atom. The van der Waals surface area contributed by atoms with E-state index in [4.69, 9.17) is 12.2 Å². The van der Waals surface area contributed by atoms with E-state index >= 15 is 0 Å². The van der Waals surface area contributed by atoms with Crippen LogP contribution in [0.4, 0.5) is 0 Å². The van der Waals surface area contributed by atoms with Crippen molar-refractivity contribution in [2.75, 3.05) is 0 Å². The molecule has 2 aromatic heterocycles. The third-order valence-corrected chi connectivity index (χ3v) is 4.25. The van der Waals surface area contributed by atoms with Gasteiger partial charge in [0.1, 0.15) is 5.52 Å². The molecule has 1 N–H and O–H groups in total. The van der Waals surface area contributed by atoms with Crippen LogP contribution in [0.3, 0.4) is 0 Å². The molecule has 2 aromatic rings. The number of H-pyrrole nitrogens is 1. The molecule has 0 fully saturated rings. The first-order chi connectivity index (χ1) is 8.51. The first kappa shape index (κ1) is 13.3. The summed E-state index contributed by atoms with van der Waals surface area (Å²) in [4.78, 5) is 3.30. The largest absolute Gasteiger partial charge is 0.328 e. The summed E-state index contributed by atoms with van der Waals surface area (Å²) in [6.07, 6.45) is 1.15. The minimum Gasteiger partial charge on any atom is -0.328 e. The van der Waals surface area contributed by atoms with E-state index in [9.17, 15) is 0 Å². The van der Waals surface area contributed by atoms with Crippen LogP contribution in [-0.4, -0.2) is 19.3 Å². The molecular formula is C13H22N4S. The van der Waals surface area contributed by atoms with Crippen molar-refractivity contribution in [1.29, 1.82) is 0 Å². The Balaban J connectivity index is 2.69. The Hall–Kier alpha value is -1.10. The molecule has 0 aliphatic heterocycles. The van der Waals surface area contributed by atoms with E-state index < -0.39 is 0 Å². The van der Waals surface area contributed by atoms with Crippen molar-refractivity contribution in [2.24, 2.45) is 5.92 Å². The van der Waals surface area contributed by atoms with Gasteiger partial charge in [0.25, 0.3) is 0 Å². The Morgan fingerprint density at radius 2 is 2.00 bits per heavy atom. The highest BCUT2D eigenvalue weighted by Gasteiger charge is 2.20. The zero-order valence-electron chi connectivity index (χ0n) is 11.8. The number of aromatic nitrogens is 4. The highest BCUT2D eigenvalue weighted by molar-refractivity contribution is 7.71. The number of nitrogens with zero attached hydrogens (tertiary/aromatic N) is 3. The Labute approximate surface area is 113 Å². The highest BCUT2D eigenvalue weighted by Crippen LogP contribution is 2.27. The maximum atomic E-state index is 5.48. The zero-order valence-corrected chi connectivity index (χ0v) is 12.6. The van der Waals surface area contributed by atoms with Crippen LogP contribution < -0.4 is 0 Å². The molecule has 0 saturated heterocycles. The van der Waals surface area contributed by atoms with Crippen LogP contribution in [0.25, 0.3) is 11.2 Å². The van der Waals surface area contributed by atoms with Crippen LogP contribution in [-0.2, 0) is 6.54 Å². The van der Waals surface area contributed by atoms with E-state index in [-0.39, 0.29) is 0 Å². The molecule has 100 valence electrons. The first-order valence-corrected chi connectivity index (χ1v) is 7.09. The summed E-state index contributed by atoms with van der Waals surface area (Å²) in [6.45, 7) is 11.7. The lowest BCUT2D eigenvalue weighted by molar-refractivity contribution is 0.369. The highest BCUT2D eigenvalue weighted by atomic mass is 32.1. The second-order valence-electron chi connectivity index (χ2n) is 5.03. The van der Waals surface area contributed by atoms with E-state index in [1.807, 2.05) is 11.6 Å². The number of nitrogens with one attached hydrogen (secondary N) is 1. The molecule has 2 rings (SSSR count). The molecule has 0 saturated carbocycles. The number of aromatic amines is 1. The summed E-state index contributed by atoms with van der Waals surface area (Å²) < 4.78 is 5.07. The quantitative estimate of drug-likeness (QED) is 0.854. The molecule has 0 aliphatic rings. The topological polar surface area (TPSA) is 38.5 Å². The predicted octanol–water partition coefficient (Wildman–Crippen LogP) is 3.83. The van der Waals surface area contributed by atoms with Gasteiger partial charge in [-0.05, 0) is 38.9 Å². The third-order valence-electron chi connectivity index (χ3n) is 3.95. The average molecular weight is 266 g/mol. The predicted molar refractivity (Wildman–Crippen MR) is 77.5 cm³/mol. The van der Waals surface area contributed by atoms with Crippen LogP contribution in [0.2, 0.25) is 0 Å². The second kappa shape index (κ2) is 4.88. The standard InChI is InChI=1S/C13H22N4S/c1-6-8(3)10(5)17-12-11(14-13(17)18)9(4)15-16(12)7-2/h8,10H,6-7H2,1-5H3,(H,14,18). The van der Waals surface area contributed by atoms with Gasteiger partial charge in [-0.25, -0.2) is 4.68 Å². The fourth-order valence-electron chi connectivity index (χ4n) is 2.42. The lowest BCUT2D eigenvalue weighted by Crippen LogP contribution is -2.15. The summed E-state index contributed by atoms with van der Waals surface area (Å²) in [6, 6.07) is 0.387. The van der Waals surface area contributed by atoms with Gasteiger partial charge in [-0.3, -0.25) is 4.57 Å². The van der Waals surface area contributed by atoms with Crippen molar-refractivity contribution in [1.82, 2.24) is 19.3 Å². The summed E-state index contributed by atoms with van der Waals surface area (Å²) in [5.41, 5.74) is 3.23. The van der Waals surface area contributed by atoms with Crippen molar-refractivity contribution < 1.29 is 0 Å². The van der Waals surface area contributed by atoms with E-state index in [0.29, 0.717) is 12.0 Å². The fraction of sp³-hybridized carbons (Fsp3) is 0.692. The van der Waals surface area contributed by atoms with E-state index in [1.54, 1.807) is 0 Å². The van der Waals surface area contributed by atoms with Crippen molar-refractivity contribution in [3.63, 3.8) is 0 Å². The molecule has 0 spiro atoms. The number of fused-ring (bicyclic) bond motifs is 1. The third kappa shape index (κ3) is 1.90.